The summed E-state index contributed by atoms with van der Waals surface area (Å²) in [6, 6.07) is 20.3. The third-order valence-corrected chi connectivity index (χ3v) is 5.74. The largest absolute Gasteiger partial charge is 0.378 e. The van der Waals surface area contributed by atoms with E-state index in [1.54, 1.807) is 0 Å². The molecule has 0 aliphatic rings. The van der Waals surface area contributed by atoms with Gasteiger partial charge in [-0.05, 0) is 49.4 Å². The Labute approximate surface area is 194 Å². The highest BCUT2D eigenvalue weighted by molar-refractivity contribution is 5.93. The predicted molar refractivity (Wildman–Crippen MR) is 133 cm³/mol. The van der Waals surface area contributed by atoms with Gasteiger partial charge in [0.15, 0.2) is 11.0 Å². The molecule has 1 N–H and O–H groups in total. The molecule has 0 aliphatic heterocycles. The van der Waals surface area contributed by atoms with Crippen molar-refractivity contribution in [2.24, 2.45) is 17.3 Å². The lowest BCUT2D eigenvalue weighted by Crippen LogP contribution is -2.30. The summed E-state index contributed by atoms with van der Waals surface area (Å²) in [4.78, 5) is 13.6. The molecule has 7 heteroatoms. The van der Waals surface area contributed by atoms with E-state index in [0.29, 0.717) is 11.4 Å². The van der Waals surface area contributed by atoms with Gasteiger partial charge in [0.2, 0.25) is 5.91 Å². The van der Waals surface area contributed by atoms with Crippen LogP contribution in [0.15, 0.2) is 70.9 Å². The molecular weight excluding hydrogens is 412 g/mol. The van der Waals surface area contributed by atoms with Gasteiger partial charge in [-0.1, -0.05) is 17.7 Å². The number of hydrogen-bond acceptors (Lipinski definition) is 4. The normalized spacial score (nSPS) is 11.3. The lowest BCUT2D eigenvalue weighted by Gasteiger charge is -2.15. The van der Waals surface area contributed by atoms with E-state index in [4.69, 9.17) is 0 Å². The van der Waals surface area contributed by atoms with Gasteiger partial charge in [0.25, 0.3) is 5.82 Å². The van der Waals surface area contributed by atoms with Crippen LogP contribution in [-0.4, -0.2) is 24.6 Å². The molecule has 0 unspecified atom stereocenters. The minimum absolute atomic E-state index is 0.149. The van der Waals surface area contributed by atoms with Gasteiger partial charge in [0.05, 0.1) is 18.4 Å². The van der Waals surface area contributed by atoms with Crippen LogP contribution in [0.1, 0.15) is 18.3 Å². The van der Waals surface area contributed by atoms with E-state index in [1.807, 2.05) is 49.3 Å². The number of nitrogens with zero attached hydrogens (tertiary/aromatic N) is 5. The topological polar surface area (TPSA) is 65.9 Å². The van der Waals surface area contributed by atoms with Crippen molar-refractivity contribution < 1.29 is 9.36 Å². The number of anilines is 2. The van der Waals surface area contributed by atoms with Crippen LogP contribution in [-0.2, 0) is 11.8 Å². The molecule has 0 aliphatic carbocycles. The first kappa shape index (κ1) is 22.2. The molecule has 1 aromatic heterocycles. The SMILES string of the molecule is CC(=O)Nc1cc(N(C)C)ccc1N=Nc1ccc2c(c1)[n+](C)c(C)n2-c1ccc(C)cc1. The molecule has 33 heavy (non-hydrogen) atoms. The van der Waals surface area contributed by atoms with Gasteiger partial charge >= 0.3 is 0 Å². The molecule has 4 rings (SSSR count). The van der Waals surface area contributed by atoms with Crippen molar-refractivity contribution in [1.29, 1.82) is 0 Å². The number of carbonyl (C=O) groups excluding carboxylic acids is 1. The van der Waals surface area contributed by atoms with Crippen LogP contribution in [0.5, 0.6) is 0 Å². The average Bonchev–Trinajstić information content (AvgIpc) is 3.03. The maximum absolute atomic E-state index is 11.7. The maximum Gasteiger partial charge on any atom is 0.259 e. The number of rotatable bonds is 5. The highest BCUT2D eigenvalue weighted by Gasteiger charge is 2.21. The molecule has 0 fully saturated rings. The summed E-state index contributed by atoms with van der Waals surface area (Å²) in [5.41, 5.74) is 7.47. The van der Waals surface area contributed by atoms with Gasteiger partial charge < -0.3 is 10.2 Å². The average molecular weight is 442 g/mol. The Morgan fingerprint density at radius 2 is 1.70 bits per heavy atom. The summed E-state index contributed by atoms with van der Waals surface area (Å²) in [7, 11) is 5.96. The van der Waals surface area contributed by atoms with Crippen molar-refractivity contribution in [3.63, 3.8) is 0 Å². The van der Waals surface area contributed by atoms with Crippen molar-refractivity contribution in [2.75, 3.05) is 24.3 Å². The zero-order chi connectivity index (χ0) is 23.7. The molecule has 0 atom stereocenters. The molecule has 3 aromatic carbocycles. The Morgan fingerprint density at radius 3 is 2.36 bits per heavy atom. The molecule has 1 heterocycles. The highest BCUT2D eigenvalue weighted by Crippen LogP contribution is 2.32. The second-order valence-corrected chi connectivity index (χ2v) is 8.43. The number of carbonyl (C=O) groups is 1. The molecule has 1 amide bonds. The summed E-state index contributed by atoms with van der Waals surface area (Å²) in [5.74, 6) is 0.971. The first-order valence-corrected chi connectivity index (χ1v) is 10.8. The zero-order valence-corrected chi connectivity index (χ0v) is 19.9. The molecule has 0 spiro atoms. The Bertz CT molecular complexity index is 1370. The standard InChI is InChI=1S/C26H28N6O/c1-17-7-10-21(11-8-17)32-19(3)31(6)26-15-20(9-14-25(26)32)28-29-23-13-12-22(30(4)5)16-24(23)27-18(2)33/h7-16H,1-6H3/p+1. The van der Waals surface area contributed by atoms with Crippen LogP contribution in [0.25, 0.3) is 16.7 Å². The third kappa shape index (κ3) is 4.48. The van der Waals surface area contributed by atoms with Crippen molar-refractivity contribution in [1.82, 2.24) is 4.57 Å². The monoisotopic (exact) mass is 441 g/mol. The molecule has 0 saturated heterocycles. The van der Waals surface area contributed by atoms with E-state index in [0.717, 1.165) is 33.9 Å². The number of benzene rings is 3. The lowest BCUT2D eigenvalue weighted by molar-refractivity contribution is -0.652. The Balaban J connectivity index is 1.73. The number of imidazole rings is 1. The van der Waals surface area contributed by atoms with Gasteiger partial charge in [-0.2, -0.15) is 9.68 Å². The molecule has 0 radical (unpaired) electrons. The number of aryl methyl sites for hydroxylation is 2. The van der Waals surface area contributed by atoms with Crippen LogP contribution >= 0.6 is 0 Å². The minimum atomic E-state index is -0.149. The fourth-order valence-electron chi connectivity index (χ4n) is 3.84. The summed E-state index contributed by atoms with van der Waals surface area (Å²) < 4.78 is 4.40. The van der Waals surface area contributed by atoms with E-state index in [2.05, 4.69) is 75.9 Å². The number of amides is 1. The van der Waals surface area contributed by atoms with Gasteiger partial charge in [0, 0.05) is 39.7 Å². The highest BCUT2D eigenvalue weighted by atomic mass is 16.1. The Morgan fingerprint density at radius 1 is 0.970 bits per heavy atom. The number of nitrogens with one attached hydrogen (secondary N) is 1. The second kappa shape index (κ2) is 8.86. The van der Waals surface area contributed by atoms with Crippen LogP contribution in [0.4, 0.5) is 22.7 Å². The molecule has 0 saturated carbocycles. The van der Waals surface area contributed by atoms with E-state index in [9.17, 15) is 4.79 Å². The predicted octanol–water partition coefficient (Wildman–Crippen LogP) is 5.51. The smallest absolute Gasteiger partial charge is 0.259 e. The van der Waals surface area contributed by atoms with Crippen molar-refractivity contribution in [3.8, 4) is 5.69 Å². The van der Waals surface area contributed by atoms with E-state index < -0.39 is 0 Å². The van der Waals surface area contributed by atoms with Crippen LogP contribution in [0.3, 0.4) is 0 Å². The number of aromatic nitrogens is 2. The summed E-state index contributed by atoms with van der Waals surface area (Å²) in [5, 5.41) is 11.8. The van der Waals surface area contributed by atoms with Gasteiger partial charge in [-0.3, -0.25) is 4.79 Å². The van der Waals surface area contributed by atoms with Crippen LogP contribution in [0, 0.1) is 13.8 Å². The van der Waals surface area contributed by atoms with E-state index >= 15 is 0 Å². The third-order valence-electron chi connectivity index (χ3n) is 5.74. The number of fused-ring (bicyclic) bond motifs is 1. The summed E-state index contributed by atoms with van der Waals surface area (Å²) in [6.45, 7) is 5.68. The first-order valence-electron chi connectivity index (χ1n) is 10.8. The van der Waals surface area contributed by atoms with Gasteiger partial charge in [-0.25, -0.2) is 4.57 Å². The Kier molecular flexibility index (Phi) is 5.96. The van der Waals surface area contributed by atoms with Gasteiger partial charge in [-0.15, -0.1) is 5.11 Å². The molecular formula is C26H29N6O+. The number of azo groups is 1. The lowest BCUT2D eigenvalue weighted by atomic mass is 10.2. The molecule has 4 aromatic rings. The molecule has 7 nitrogen and oxygen atoms in total. The van der Waals surface area contributed by atoms with E-state index in [1.165, 1.54) is 12.5 Å². The zero-order valence-electron chi connectivity index (χ0n) is 19.9. The minimum Gasteiger partial charge on any atom is -0.378 e. The van der Waals surface area contributed by atoms with Crippen LogP contribution < -0.4 is 14.8 Å². The van der Waals surface area contributed by atoms with Crippen molar-refractivity contribution in [2.45, 2.75) is 20.8 Å². The van der Waals surface area contributed by atoms with Gasteiger partial charge in [0.1, 0.15) is 11.4 Å². The number of hydrogen-bond donors (Lipinski definition) is 1. The second-order valence-electron chi connectivity index (χ2n) is 8.43. The quantitative estimate of drug-likeness (QED) is 0.328. The Hall–Kier alpha value is -4.00. The fraction of sp³-hybridized carbons (Fsp3) is 0.231. The fourth-order valence-corrected chi connectivity index (χ4v) is 3.84. The molecule has 168 valence electrons. The summed E-state index contributed by atoms with van der Waals surface area (Å²) in [6.07, 6.45) is 0. The maximum atomic E-state index is 11.7. The first-order chi connectivity index (χ1) is 15.7. The van der Waals surface area contributed by atoms with Crippen molar-refractivity contribution >= 4 is 39.7 Å². The summed E-state index contributed by atoms with van der Waals surface area (Å²) >= 11 is 0. The molecule has 0 bridgehead atoms. The van der Waals surface area contributed by atoms with E-state index in [-0.39, 0.29) is 5.91 Å². The van der Waals surface area contributed by atoms with Crippen LogP contribution in [0.2, 0.25) is 0 Å². The van der Waals surface area contributed by atoms with Crippen molar-refractivity contribution in [3.05, 3.63) is 72.1 Å².